The normalized spacial score (nSPS) is 15.1. The highest BCUT2D eigenvalue weighted by molar-refractivity contribution is 6.05. The molecule has 7 nitrogen and oxygen atoms in total. The largest absolute Gasteiger partial charge is 0.490 e. The molecule has 3 heterocycles. The van der Waals surface area contributed by atoms with Crippen LogP contribution in [0.25, 0.3) is 33.3 Å². The molecule has 1 aliphatic heterocycles. The fourth-order valence-corrected chi connectivity index (χ4v) is 5.67. The standard InChI is InChI=1S/C33H39F3N4O3/c1-20(2)42-26-10-8-7-9-24(26)30-38-27-28(23-12-11-21(3)19-25(23)37-29(27)33(34,35)36)40(30)18-15-22-13-16-39(17-14-22)31(41)43-32(4,5)6/h7-12,19-20,22H,13-18H2,1-6H3. The van der Waals surface area contributed by atoms with Crippen LogP contribution in [0.15, 0.2) is 42.5 Å². The lowest BCUT2D eigenvalue weighted by atomic mass is 9.93. The summed E-state index contributed by atoms with van der Waals surface area (Å²) in [5.41, 5.74) is 0.425. The van der Waals surface area contributed by atoms with Crippen molar-refractivity contribution in [3.63, 3.8) is 0 Å². The Morgan fingerprint density at radius 2 is 1.74 bits per heavy atom. The minimum absolute atomic E-state index is 0.134. The van der Waals surface area contributed by atoms with Crippen molar-refractivity contribution in [3.8, 4) is 17.1 Å². The third kappa shape index (κ3) is 6.73. The first-order valence-electron chi connectivity index (χ1n) is 14.8. The van der Waals surface area contributed by atoms with Crippen molar-refractivity contribution in [2.75, 3.05) is 13.1 Å². The monoisotopic (exact) mass is 596 g/mol. The zero-order chi connectivity index (χ0) is 31.1. The number of piperidine rings is 1. The number of imidazole rings is 1. The van der Waals surface area contributed by atoms with Crippen LogP contribution in [0.2, 0.25) is 0 Å². The van der Waals surface area contributed by atoms with Gasteiger partial charge in [-0.1, -0.05) is 24.3 Å². The number of carbonyl (C=O) groups is 1. The molecule has 4 aromatic rings. The second-order valence-electron chi connectivity index (χ2n) is 12.6. The number of benzene rings is 2. The molecule has 1 amide bonds. The van der Waals surface area contributed by atoms with Gasteiger partial charge in [0.25, 0.3) is 0 Å². The fourth-order valence-electron chi connectivity index (χ4n) is 5.67. The number of amides is 1. The Bertz CT molecular complexity index is 1630. The molecule has 0 bridgehead atoms. The second-order valence-corrected chi connectivity index (χ2v) is 12.6. The van der Waals surface area contributed by atoms with Gasteiger partial charge in [-0.2, -0.15) is 13.2 Å². The molecule has 1 fully saturated rings. The predicted octanol–water partition coefficient (Wildman–Crippen LogP) is 8.40. The lowest BCUT2D eigenvalue weighted by Gasteiger charge is -2.33. The van der Waals surface area contributed by atoms with E-state index < -0.39 is 17.5 Å². The van der Waals surface area contributed by atoms with Crippen LogP contribution in [0.5, 0.6) is 5.75 Å². The molecule has 5 rings (SSSR count). The fraction of sp³-hybridized carbons (Fsp3) is 0.485. The number of ether oxygens (including phenoxy) is 2. The molecule has 2 aromatic heterocycles. The summed E-state index contributed by atoms with van der Waals surface area (Å²) in [5.74, 6) is 1.25. The number of hydrogen-bond acceptors (Lipinski definition) is 5. The smallest absolute Gasteiger partial charge is 0.435 e. The highest BCUT2D eigenvalue weighted by Gasteiger charge is 2.38. The lowest BCUT2D eigenvalue weighted by Crippen LogP contribution is -2.41. The minimum atomic E-state index is -4.69. The third-order valence-electron chi connectivity index (χ3n) is 7.62. The average Bonchev–Trinajstić information content (AvgIpc) is 3.29. The number of hydrogen-bond donors (Lipinski definition) is 0. The van der Waals surface area contributed by atoms with Gasteiger partial charge in [-0.15, -0.1) is 0 Å². The lowest BCUT2D eigenvalue weighted by molar-refractivity contribution is -0.139. The maximum Gasteiger partial charge on any atom is 0.435 e. The molecule has 0 aliphatic carbocycles. The van der Waals surface area contributed by atoms with Gasteiger partial charge in [0, 0.05) is 25.0 Å². The number of fused-ring (bicyclic) bond motifs is 3. The Labute approximate surface area is 250 Å². The first kappa shape index (κ1) is 30.6. The van der Waals surface area contributed by atoms with Crippen LogP contribution in [0.1, 0.15) is 65.1 Å². The van der Waals surface area contributed by atoms with E-state index in [1.165, 1.54) is 0 Å². The van der Waals surface area contributed by atoms with E-state index in [4.69, 9.17) is 9.47 Å². The first-order valence-corrected chi connectivity index (χ1v) is 14.8. The van der Waals surface area contributed by atoms with Crippen LogP contribution in [-0.4, -0.2) is 50.3 Å². The van der Waals surface area contributed by atoms with E-state index in [0.29, 0.717) is 54.1 Å². The number of halogens is 3. The molecule has 230 valence electrons. The summed E-state index contributed by atoms with van der Waals surface area (Å²) in [5, 5.41) is 0.620. The van der Waals surface area contributed by atoms with Gasteiger partial charge >= 0.3 is 12.3 Å². The second kappa shape index (κ2) is 11.7. The minimum Gasteiger partial charge on any atom is -0.490 e. The van der Waals surface area contributed by atoms with Crippen molar-refractivity contribution in [1.29, 1.82) is 0 Å². The van der Waals surface area contributed by atoms with Gasteiger partial charge in [0.05, 0.1) is 22.7 Å². The quantitative estimate of drug-likeness (QED) is 0.224. The highest BCUT2D eigenvalue weighted by atomic mass is 19.4. The molecule has 0 saturated carbocycles. The van der Waals surface area contributed by atoms with E-state index in [2.05, 4.69) is 9.97 Å². The van der Waals surface area contributed by atoms with Crippen LogP contribution >= 0.6 is 0 Å². The summed E-state index contributed by atoms with van der Waals surface area (Å²) in [6.07, 6.45) is -2.86. The van der Waals surface area contributed by atoms with Crippen LogP contribution in [-0.2, 0) is 17.5 Å². The molecule has 2 aromatic carbocycles. The van der Waals surface area contributed by atoms with Gasteiger partial charge in [0.15, 0.2) is 5.69 Å². The number of rotatable bonds is 6. The van der Waals surface area contributed by atoms with E-state index in [-0.39, 0.29) is 29.1 Å². The molecular formula is C33H39F3N4O3. The Kier molecular flexibility index (Phi) is 8.33. The summed E-state index contributed by atoms with van der Waals surface area (Å²) < 4.78 is 56.8. The maximum absolute atomic E-state index is 14.4. The topological polar surface area (TPSA) is 69.5 Å². The Morgan fingerprint density at radius 1 is 1.05 bits per heavy atom. The first-order chi connectivity index (χ1) is 20.2. The highest BCUT2D eigenvalue weighted by Crippen LogP contribution is 2.41. The van der Waals surface area contributed by atoms with Gasteiger partial charge in [-0.3, -0.25) is 0 Å². The molecule has 0 unspecified atom stereocenters. The summed E-state index contributed by atoms with van der Waals surface area (Å²) in [6.45, 7) is 12.8. The summed E-state index contributed by atoms with van der Waals surface area (Å²) in [4.78, 5) is 23.0. The number of carbonyl (C=O) groups excluding carboxylic acids is 1. The summed E-state index contributed by atoms with van der Waals surface area (Å²) in [6, 6.07) is 12.7. The zero-order valence-electron chi connectivity index (χ0n) is 25.6. The predicted molar refractivity (Wildman–Crippen MR) is 161 cm³/mol. The van der Waals surface area contributed by atoms with Crippen LogP contribution < -0.4 is 4.74 Å². The summed E-state index contributed by atoms with van der Waals surface area (Å²) >= 11 is 0. The SMILES string of the molecule is Cc1ccc2c(c1)nc(C(F)(F)F)c1nc(-c3ccccc3OC(C)C)n(CCC3CCN(C(=O)OC(C)(C)C)CC3)c12. The number of pyridine rings is 1. The average molecular weight is 597 g/mol. The van der Waals surface area contributed by atoms with Gasteiger partial charge in [-0.05, 0) is 90.5 Å². The number of alkyl halides is 3. The molecule has 0 N–H and O–H groups in total. The molecule has 43 heavy (non-hydrogen) atoms. The number of likely N-dealkylation sites (tertiary alicyclic amines) is 1. The maximum atomic E-state index is 14.4. The Hall–Kier alpha value is -3.82. The molecule has 10 heteroatoms. The van der Waals surface area contributed by atoms with E-state index in [0.717, 1.165) is 18.4 Å². The van der Waals surface area contributed by atoms with Crippen molar-refractivity contribution in [2.45, 2.75) is 85.2 Å². The van der Waals surface area contributed by atoms with Crippen LogP contribution in [0, 0.1) is 12.8 Å². The van der Waals surface area contributed by atoms with Crippen molar-refractivity contribution < 1.29 is 27.4 Å². The molecule has 1 aliphatic rings. The number of nitrogens with zero attached hydrogens (tertiary/aromatic N) is 4. The van der Waals surface area contributed by atoms with Crippen molar-refractivity contribution in [1.82, 2.24) is 19.4 Å². The molecule has 0 radical (unpaired) electrons. The number of para-hydroxylation sites is 1. The van der Waals surface area contributed by atoms with Gasteiger partial charge in [0.2, 0.25) is 0 Å². The van der Waals surface area contributed by atoms with E-state index in [1.807, 2.05) is 82.5 Å². The molecular weight excluding hydrogens is 557 g/mol. The number of aromatic nitrogens is 3. The van der Waals surface area contributed by atoms with Crippen molar-refractivity contribution in [2.24, 2.45) is 5.92 Å². The third-order valence-corrected chi connectivity index (χ3v) is 7.62. The summed E-state index contributed by atoms with van der Waals surface area (Å²) in [7, 11) is 0. The van der Waals surface area contributed by atoms with Crippen LogP contribution in [0.4, 0.5) is 18.0 Å². The Morgan fingerprint density at radius 3 is 2.40 bits per heavy atom. The van der Waals surface area contributed by atoms with Crippen molar-refractivity contribution in [3.05, 3.63) is 53.7 Å². The van der Waals surface area contributed by atoms with E-state index in [1.54, 1.807) is 11.0 Å². The number of aryl methyl sites for hydroxylation is 2. The molecule has 0 atom stereocenters. The van der Waals surface area contributed by atoms with Gasteiger partial charge in [0.1, 0.15) is 22.7 Å². The molecule has 0 spiro atoms. The zero-order valence-corrected chi connectivity index (χ0v) is 25.6. The Balaban J connectivity index is 1.57. The van der Waals surface area contributed by atoms with Crippen molar-refractivity contribution >= 4 is 28.0 Å². The van der Waals surface area contributed by atoms with E-state index in [9.17, 15) is 18.0 Å². The van der Waals surface area contributed by atoms with Gasteiger partial charge in [-0.25, -0.2) is 14.8 Å². The molecule has 1 saturated heterocycles. The van der Waals surface area contributed by atoms with E-state index >= 15 is 0 Å². The van der Waals surface area contributed by atoms with Gasteiger partial charge < -0.3 is 18.9 Å². The van der Waals surface area contributed by atoms with Crippen LogP contribution in [0.3, 0.4) is 0 Å².